The fraction of sp³-hybridized carbons (Fsp3) is 0.647. The van der Waals surface area contributed by atoms with Crippen LogP contribution in [0.1, 0.15) is 33.6 Å². The Balaban J connectivity index is 1.75. The van der Waals surface area contributed by atoms with Crippen LogP contribution >= 0.6 is 7.92 Å². The number of ether oxygens (including phenoxy) is 3. The molecule has 5 heteroatoms. The van der Waals surface area contributed by atoms with Gasteiger partial charge in [-0.05, 0) is 41.2 Å². The van der Waals surface area contributed by atoms with Crippen LogP contribution in [0.5, 0.6) is 5.75 Å². The third-order valence-electron chi connectivity index (χ3n) is 6.41. The predicted octanol–water partition coefficient (Wildman–Crippen LogP) is 2.54. The molecule has 3 saturated heterocycles. The predicted molar refractivity (Wildman–Crippen MR) is 83.5 cm³/mol. The molecule has 3 heterocycles. The van der Waals surface area contributed by atoms with Gasteiger partial charge in [0.05, 0.1) is 12.5 Å². The zero-order valence-electron chi connectivity index (χ0n) is 13.3. The Kier molecular flexibility index (Phi) is 2.12. The second kappa shape index (κ2) is 3.39. The van der Waals surface area contributed by atoms with Crippen LogP contribution in [0.4, 0.5) is 0 Å². The van der Waals surface area contributed by atoms with Crippen molar-refractivity contribution in [3.63, 3.8) is 0 Å². The van der Waals surface area contributed by atoms with Crippen molar-refractivity contribution in [3.05, 3.63) is 24.3 Å². The van der Waals surface area contributed by atoms with Gasteiger partial charge >= 0.3 is 0 Å². The van der Waals surface area contributed by atoms with Gasteiger partial charge in [-0.25, -0.2) is 0 Å². The van der Waals surface area contributed by atoms with E-state index in [0.717, 1.165) is 23.9 Å². The summed E-state index contributed by atoms with van der Waals surface area (Å²) in [6.45, 7) is 6.23. The normalized spacial score (nSPS) is 57.0. The number of hydrogen-bond donors (Lipinski definition) is 1. The van der Waals surface area contributed by atoms with Gasteiger partial charge in [-0.15, -0.1) is 0 Å². The molecule has 0 radical (unpaired) electrons. The van der Waals surface area contributed by atoms with Gasteiger partial charge in [0.1, 0.15) is 16.7 Å². The number of para-hydroxylation sites is 1. The summed E-state index contributed by atoms with van der Waals surface area (Å²) in [5.74, 6) is 0.278. The fourth-order valence-corrected chi connectivity index (χ4v) is 10.2. The Hall–Kier alpha value is -0.670. The van der Waals surface area contributed by atoms with E-state index in [4.69, 9.17) is 14.2 Å². The number of aliphatic hydroxyl groups is 1. The molecule has 3 bridgehead atoms. The van der Waals surface area contributed by atoms with E-state index >= 15 is 0 Å². The average molecular weight is 320 g/mol. The Morgan fingerprint density at radius 2 is 1.86 bits per heavy atom. The zero-order valence-corrected chi connectivity index (χ0v) is 14.2. The van der Waals surface area contributed by atoms with E-state index in [-0.39, 0.29) is 10.8 Å². The van der Waals surface area contributed by atoms with Gasteiger partial charge < -0.3 is 19.3 Å². The van der Waals surface area contributed by atoms with Crippen molar-refractivity contribution in [2.24, 2.45) is 5.41 Å². The molecule has 4 nitrogen and oxygen atoms in total. The molecule has 118 valence electrons. The molecule has 4 aliphatic rings. The first kappa shape index (κ1) is 13.7. The van der Waals surface area contributed by atoms with Crippen LogP contribution in [0.2, 0.25) is 0 Å². The highest BCUT2D eigenvalue weighted by atomic mass is 31.1. The van der Waals surface area contributed by atoms with Crippen LogP contribution in [0, 0.1) is 5.41 Å². The van der Waals surface area contributed by atoms with Crippen molar-refractivity contribution in [3.8, 4) is 5.75 Å². The Morgan fingerprint density at radius 1 is 1.14 bits per heavy atom. The minimum absolute atomic E-state index is 0.158. The van der Waals surface area contributed by atoms with E-state index < -0.39 is 24.7 Å². The van der Waals surface area contributed by atoms with Crippen molar-refractivity contribution < 1.29 is 19.3 Å². The summed E-state index contributed by atoms with van der Waals surface area (Å²) in [6.07, 6.45) is 1.66. The molecule has 1 saturated carbocycles. The minimum Gasteiger partial charge on any atom is -0.496 e. The highest BCUT2D eigenvalue weighted by Gasteiger charge is 3.01. The van der Waals surface area contributed by atoms with E-state index in [1.807, 2.05) is 25.1 Å². The topological polar surface area (TPSA) is 47.9 Å². The maximum Gasteiger partial charge on any atom is 0.168 e. The molecule has 5 rings (SSSR count). The first-order valence-corrected chi connectivity index (χ1v) is 9.16. The molecule has 1 aromatic rings. The number of benzene rings is 1. The second-order valence-corrected chi connectivity index (χ2v) is 10.4. The number of hydrogen-bond acceptors (Lipinski definition) is 4. The number of rotatable bonds is 2. The van der Waals surface area contributed by atoms with E-state index in [9.17, 15) is 5.11 Å². The fourth-order valence-electron chi connectivity index (χ4n) is 5.88. The highest BCUT2D eigenvalue weighted by Crippen LogP contribution is 2.97. The summed E-state index contributed by atoms with van der Waals surface area (Å²) >= 11 is 0. The van der Waals surface area contributed by atoms with E-state index in [0.29, 0.717) is 0 Å². The summed E-state index contributed by atoms with van der Waals surface area (Å²) in [5.41, 5.74) is -0.647. The maximum atomic E-state index is 11.7. The summed E-state index contributed by atoms with van der Waals surface area (Å²) in [7, 11) is 0.724. The van der Waals surface area contributed by atoms with Crippen LogP contribution < -0.4 is 10.0 Å². The van der Waals surface area contributed by atoms with Gasteiger partial charge in [0.15, 0.2) is 5.79 Å². The third kappa shape index (κ3) is 1.09. The SMILES string of the molecule is COc1ccccc1P1C2(C)CC34CC(C)(O2)OC3(C)C14O. The maximum absolute atomic E-state index is 11.7. The van der Waals surface area contributed by atoms with Crippen molar-refractivity contribution >= 4 is 13.2 Å². The van der Waals surface area contributed by atoms with Crippen LogP contribution in [-0.4, -0.2) is 34.3 Å². The standard InChI is InChI=1S/C17H21O4P/c1-13-9-16-10-14(2,20-13)22(17(16,18)15(16,3)21-13)12-8-6-5-7-11(12)19-4/h5-8,18H,9-10H2,1-4H3. The highest BCUT2D eigenvalue weighted by molar-refractivity contribution is 7.69. The molecule has 4 fully saturated rings. The lowest BCUT2D eigenvalue weighted by Crippen LogP contribution is -2.43. The van der Waals surface area contributed by atoms with Crippen molar-refractivity contribution in [2.45, 2.75) is 55.7 Å². The average Bonchev–Trinajstić information content (AvgIpc) is 2.64. The monoisotopic (exact) mass is 320 g/mol. The quantitative estimate of drug-likeness (QED) is 0.851. The van der Waals surface area contributed by atoms with Gasteiger partial charge in [0.2, 0.25) is 0 Å². The molecule has 6 unspecified atom stereocenters. The lowest BCUT2D eigenvalue weighted by molar-refractivity contribution is -0.268. The molecule has 1 spiro atoms. The van der Waals surface area contributed by atoms with Crippen LogP contribution in [0.3, 0.4) is 0 Å². The molecule has 22 heavy (non-hydrogen) atoms. The first-order chi connectivity index (χ1) is 10.3. The van der Waals surface area contributed by atoms with Crippen LogP contribution in [-0.2, 0) is 9.47 Å². The van der Waals surface area contributed by atoms with Crippen LogP contribution in [0.15, 0.2) is 24.3 Å². The lowest BCUT2D eigenvalue weighted by Gasteiger charge is -2.41. The minimum atomic E-state index is -0.963. The number of fused-ring (bicyclic) bond motifs is 3. The van der Waals surface area contributed by atoms with Crippen LogP contribution in [0.25, 0.3) is 0 Å². The second-order valence-electron chi connectivity index (χ2n) is 7.66. The lowest BCUT2D eigenvalue weighted by atomic mass is 9.87. The smallest absolute Gasteiger partial charge is 0.168 e. The largest absolute Gasteiger partial charge is 0.496 e. The Morgan fingerprint density at radius 3 is 2.59 bits per heavy atom. The van der Waals surface area contributed by atoms with E-state index in [2.05, 4.69) is 19.9 Å². The molecule has 0 aromatic heterocycles. The molecule has 0 amide bonds. The summed E-state index contributed by atoms with van der Waals surface area (Å²) < 4.78 is 18.3. The van der Waals surface area contributed by atoms with Crippen molar-refractivity contribution in [1.29, 1.82) is 0 Å². The van der Waals surface area contributed by atoms with Crippen molar-refractivity contribution in [1.82, 2.24) is 0 Å². The molecule has 1 aromatic carbocycles. The van der Waals surface area contributed by atoms with Gasteiger partial charge in [-0.3, -0.25) is 0 Å². The van der Waals surface area contributed by atoms with E-state index in [1.165, 1.54) is 0 Å². The van der Waals surface area contributed by atoms with Crippen molar-refractivity contribution in [2.75, 3.05) is 7.11 Å². The summed E-state index contributed by atoms with van der Waals surface area (Å²) in [5, 5.41) is 11.6. The molecular weight excluding hydrogens is 299 g/mol. The molecule has 3 aliphatic heterocycles. The molecule has 6 atom stereocenters. The summed E-state index contributed by atoms with van der Waals surface area (Å²) in [6, 6.07) is 8.03. The zero-order chi connectivity index (χ0) is 15.6. The van der Waals surface area contributed by atoms with Gasteiger partial charge in [0.25, 0.3) is 0 Å². The van der Waals surface area contributed by atoms with Gasteiger partial charge in [0, 0.05) is 17.1 Å². The molecule has 1 aliphatic carbocycles. The Labute approximate surface area is 131 Å². The Bertz CT molecular complexity index is 706. The van der Waals surface area contributed by atoms with Gasteiger partial charge in [-0.1, -0.05) is 18.2 Å². The molecular formula is C17H21O4P. The summed E-state index contributed by atoms with van der Waals surface area (Å²) in [4.78, 5) is 0. The van der Waals surface area contributed by atoms with Gasteiger partial charge in [-0.2, -0.15) is 0 Å². The number of methoxy groups -OCH3 is 1. The first-order valence-electron chi connectivity index (χ1n) is 7.81. The third-order valence-corrected chi connectivity index (χ3v) is 9.96. The molecule has 1 N–H and O–H groups in total. The van der Waals surface area contributed by atoms with E-state index in [1.54, 1.807) is 7.11 Å².